The summed E-state index contributed by atoms with van der Waals surface area (Å²) in [5.74, 6) is 0.998. The molecule has 0 aromatic heterocycles. The average Bonchev–Trinajstić information content (AvgIpc) is 2.12. The van der Waals surface area contributed by atoms with Crippen molar-refractivity contribution in [1.82, 2.24) is 0 Å². The van der Waals surface area contributed by atoms with Crippen LogP contribution in [0.1, 0.15) is 51.4 Å². The summed E-state index contributed by atoms with van der Waals surface area (Å²) in [7, 11) is 0. The Morgan fingerprint density at radius 3 is 2.46 bits per heavy atom. The molecule has 74 valence electrons. The third-order valence-electron chi connectivity index (χ3n) is 3.51. The number of hydrogen-bond donors (Lipinski definition) is 1. The molecule has 2 saturated carbocycles. The third-order valence-corrected chi connectivity index (χ3v) is 3.51. The Morgan fingerprint density at radius 1 is 1.15 bits per heavy atom. The minimum atomic E-state index is 0.484. The molecule has 0 spiro atoms. The quantitative estimate of drug-likeness (QED) is 0.648. The molecule has 0 aromatic carbocycles. The first kappa shape index (κ1) is 9.26. The molecule has 2 rings (SSSR count). The topological polar surface area (TPSA) is 26.0 Å². The maximum Gasteiger partial charge on any atom is 0.0113 e. The van der Waals surface area contributed by atoms with Crippen molar-refractivity contribution in [1.29, 1.82) is 0 Å². The van der Waals surface area contributed by atoms with E-state index in [0.717, 1.165) is 5.92 Å². The molecule has 0 amide bonds. The molecular formula is C12H21N. The van der Waals surface area contributed by atoms with Gasteiger partial charge in [-0.3, -0.25) is 0 Å². The first-order valence-corrected chi connectivity index (χ1v) is 5.78. The Hall–Kier alpha value is -0.300. The fourth-order valence-electron chi connectivity index (χ4n) is 2.54. The number of nitrogens with two attached hydrogens (primary N) is 1. The van der Waals surface area contributed by atoms with Gasteiger partial charge in [0.25, 0.3) is 0 Å². The predicted molar refractivity (Wildman–Crippen MR) is 56.5 cm³/mol. The third kappa shape index (κ3) is 2.57. The van der Waals surface area contributed by atoms with Crippen molar-refractivity contribution in [3.05, 3.63) is 11.6 Å². The second kappa shape index (κ2) is 4.28. The summed E-state index contributed by atoms with van der Waals surface area (Å²) >= 11 is 0. The lowest BCUT2D eigenvalue weighted by atomic mass is 9.82. The van der Waals surface area contributed by atoms with Crippen LogP contribution in [-0.2, 0) is 0 Å². The maximum absolute atomic E-state index is 5.74. The van der Waals surface area contributed by atoms with E-state index in [1.165, 1.54) is 51.4 Å². The van der Waals surface area contributed by atoms with Crippen LogP contribution in [0.2, 0.25) is 0 Å². The summed E-state index contributed by atoms with van der Waals surface area (Å²) < 4.78 is 0. The fourth-order valence-corrected chi connectivity index (χ4v) is 2.54. The molecule has 2 aliphatic carbocycles. The molecule has 1 heteroatoms. The van der Waals surface area contributed by atoms with Gasteiger partial charge in [0.05, 0.1) is 0 Å². The van der Waals surface area contributed by atoms with Crippen LogP contribution in [0.3, 0.4) is 0 Å². The Balaban J connectivity index is 1.69. The van der Waals surface area contributed by atoms with Crippen molar-refractivity contribution >= 4 is 0 Å². The Labute approximate surface area is 81.4 Å². The zero-order chi connectivity index (χ0) is 9.10. The lowest BCUT2D eigenvalue weighted by Gasteiger charge is -2.27. The van der Waals surface area contributed by atoms with Crippen LogP contribution in [-0.4, -0.2) is 6.04 Å². The first-order chi connectivity index (χ1) is 6.34. The van der Waals surface area contributed by atoms with E-state index in [-0.39, 0.29) is 0 Å². The summed E-state index contributed by atoms with van der Waals surface area (Å²) in [4.78, 5) is 0. The van der Waals surface area contributed by atoms with Crippen LogP contribution < -0.4 is 5.73 Å². The normalized spacial score (nSPS) is 29.9. The fraction of sp³-hybridized carbons (Fsp3) is 0.833. The van der Waals surface area contributed by atoms with Gasteiger partial charge in [-0.1, -0.05) is 43.8 Å². The number of rotatable bonds is 2. The van der Waals surface area contributed by atoms with Crippen molar-refractivity contribution in [3.63, 3.8) is 0 Å². The number of allylic oxidation sites excluding steroid dienone is 1. The van der Waals surface area contributed by atoms with Gasteiger partial charge >= 0.3 is 0 Å². The first-order valence-electron chi connectivity index (χ1n) is 5.78. The molecule has 2 fully saturated rings. The van der Waals surface area contributed by atoms with E-state index >= 15 is 0 Å². The van der Waals surface area contributed by atoms with Crippen LogP contribution in [0.5, 0.6) is 0 Å². The highest BCUT2D eigenvalue weighted by molar-refractivity contribution is 5.15. The second-order valence-corrected chi connectivity index (χ2v) is 4.77. The van der Waals surface area contributed by atoms with Gasteiger partial charge in [0.2, 0.25) is 0 Å². The smallest absolute Gasteiger partial charge is 0.0113 e. The van der Waals surface area contributed by atoms with E-state index in [0.29, 0.717) is 6.04 Å². The van der Waals surface area contributed by atoms with Crippen LogP contribution in [0.15, 0.2) is 11.6 Å². The van der Waals surface area contributed by atoms with Crippen LogP contribution in [0, 0.1) is 5.92 Å². The predicted octanol–water partition coefficient (Wildman–Crippen LogP) is 3.00. The zero-order valence-corrected chi connectivity index (χ0v) is 8.47. The molecule has 0 radical (unpaired) electrons. The van der Waals surface area contributed by atoms with Crippen molar-refractivity contribution in [2.45, 2.75) is 57.4 Å². The average molecular weight is 179 g/mol. The molecule has 2 aliphatic rings. The SMILES string of the molecule is NC1CC(=CCC2CCCCC2)C1. The van der Waals surface area contributed by atoms with E-state index in [1.54, 1.807) is 5.57 Å². The minimum Gasteiger partial charge on any atom is -0.327 e. The van der Waals surface area contributed by atoms with Gasteiger partial charge < -0.3 is 5.73 Å². The number of hydrogen-bond acceptors (Lipinski definition) is 1. The Morgan fingerprint density at radius 2 is 1.85 bits per heavy atom. The molecule has 1 nitrogen and oxygen atoms in total. The molecular weight excluding hydrogens is 158 g/mol. The van der Waals surface area contributed by atoms with Crippen LogP contribution >= 0.6 is 0 Å². The van der Waals surface area contributed by atoms with Gasteiger partial charge in [-0.2, -0.15) is 0 Å². The highest BCUT2D eigenvalue weighted by atomic mass is 14.7. The lowest BCUT2D eigenvalue weighted by molar-refractivity contribution is 0.359. The van der Waals surface area contributed by atoms with E-state index < -0.39 is 0 Å². The molecule has 0 atom stereocenters. The van der Waals surface area contributed by atoms with Gasteiger partial charge in [0, 0.05) is 6.04 Å². The molecule has 0 heterocycles. The largest absolute Gasteiger partial charge is 0.327 e. The molecule has 2 N–H and O–H groups in total. The van der Waals surface area contributed by atoms with Gasteiger partial charge in [0.1, 0.15) is 0 Å². The highest BCUT2D eigenvalue weighted by Crippen LogP contribution is 2.30. The van der Waals surface area contributed by atoms with Gasteiger partial charge in [-0.05, 0) is 25.2 Å². The maximum atomic E-state index is 5.74. The minimum absolute atomic E-state index is 0.484. The van der Waals surface area contributed by atoms with E-state index in [9.17, 15) is 0 Å². The Bertz CT molecular complexity index is 181. The molecule has 0 aliphatic heterocycles. The summed E-state index contributed by atoms with van der Waals surface area (Å²) in [6.45, 7) is 0. The Kier molecular flexibility index (Phi) is 3.05. The van der Waals surface area contributed by atoms with E-state index in [2.05, 4.69) is 6.08 Å². The van der Waals surface area contributed by atoms with Gasteiger partial charge in [0.15, 0.2) is 0 Å². The standard InChI is InChI=1S/C12H21N/c13-12-8-11(9-12)7-6-10-4-2-1-3-5-10/h7,10,12H,1-6,8-9,13H2. The molecule has 0 saturated heterocycles. The van der Waals surface area contributed by atoms with Crippen molar-refractivity contribution in [3.8, 4) is 0 Å². The molecule has 13 heavy (non-hydrogen) atoms. The van der Waals surface area contributed by atoms with E-state index in [1.807, 2.05) is 0 Å². The summed E-state index contributed by atoms with van der Waals surface area (Å²) in [6.07, 6.45) is 13.5. The summed E-state index contributed by atoms with van der Waals surface area (Å²) in [6, 6.07) is 0.484. The van der Waals surface area contributed by atoms with Gasteiger partial charge in [-0.15, -0.1) is 0 Å². The lowest BCUT2D eigenvalue weighted by Crippen LogP contribution is -2.30. The summed E-state index contributed by atoms with van der Waals surface area (Å²) in [5, 5.41) is 0. The second-order valence-electron chi connectivity index (χ2n) is 4.77. The van der Waals surface area contributed by atoms with Crippen molar-refractivity contribution in [2.75, 3.05) is 0 Å². The molecule has 0 unspecified atom stereocenters. The summed E-state index contributed by atoms with van der Waals surface area (Å²) in [5.41, 5.74) is 7.36. The molecule has 0 aromatic rings. The van der Waals surface area contributed by atoms with Crippen molar-refractivity contribution < 1.29 is 0 Å². The monoisotopic (exact) mass is 179 g/mol. The van der Waals surface area contributed by atoms with Crippen LogP contribution in [0.4, 0.5) is 0 Å². The van der Waals surface area contributed by atoms with E-state index in [4.69, 9.17) is 5.73 Å². The zero-order valence-electron chi connectivity index (χ0n) is 8.47. The highest BCUT2D eigenvalue weighted by Gasteiger charge is 2.19. The molecule has 0 bridgehead atoms. The van der Waals surface area contributed by atoms with Crippen molar-refractivity contribution in [2.24, 2.45) is 11.7 Å². The van der Waals surface area contributed by atoms with Crippen LogP contribution in [0.25, 0.3) is 0 Å². The van der Waals surface area contributed by atoms with Gasteiger partial charge in [-0.25, -0.2) is 0 Å².